The van der Waals surface area contributed by atoms with Crippen LogP contribution in [0.15, 0.2) is 30.5 Å². The number of aromatic nitrogens is 6. The first kappa shape index (κ1) is 22.2. The van der Waals surface area contributed by atoms with Gasteiger partial charge >= 0.3 is 0 Å². The van der Waals surface area contributed by atoms with Gasteiger partial charge in [0, 0.05) is 30.9 Å². The Morgan fingerprint density at radius 2 is 2.06 bits per heavy atom. The molecule has 35 heavy (non-hydrogen) atoms. The van der Waals surface area contributed by atoms with E-state index in [2.05, 4.69) is 25.5 Å². The minimum Gasteiger partial charge on any atom is -0.479 e. The third-order valence-electron chi connectivity index (χ3n) is 6.92. The zero-order valence-corrected chi connectivity index (χ0v) is 19.9. The highest BCUT2D eigenvalue weighted by Gasteiger charge is 2.30. The lowest BCUT2D eigenvalue weighted by Crippen LogP contribution is -2.53. The van der Waals surface area contributed by atoms with Crippen molar-refractivity contribution in [1.82, 2.24) is 34.5 Å². The van der Waals surface area contributed by atoms with Crippen molar-refractivity contribution >= 4 is 22.5 Å². The summed E-state index contributed by atoms with van der Waals surface area (Å²) in [6.45, 7) is 5.48. The summed E-state index contributed by atoms with van der Waals surface area (Å²) in [5.41, 5.74) is 4.14. The Kier molecular flexibility index (Phi) is 5.73. The van der Waals surface area contributed by atoms with Gasteiger partial charge in [0.05, 0.1) is 38.4 Å². The van der Waals surface area contributed by atoms with Crippen molar-refractivity contribution in [1.29, 1.82) is 0 Å². The van der Waals surface area contributed by atoms with Crippen LogP contribution in [0.25, 0.3) is 27.7 Å². The van der Waals surface area contributed by atoms with Crippen LogP contribution in [0.5, 0.6) is 5.88 Å². The predicted octanol–water partition coefficient (Wildman–Crippen LogP) is 2.78. The molecule has 4 aromatic rings. The average molecular weight is 481 g/mol. The molecule has 10 nitrogen and oxygen atoms in total. The molecule has 0 amide bonds. The molecule has 0 radical (unpaired) electrons. The monoisotopic (exact) mass is 480 g/mol. The fourth-order valence-electron chi connectivity index (χ4n) is 4.96. The summed E-state index contributed by atoms with van der Waals surface area (Å²) in [7, 11) is 1.62. The number of rotatable bonds is 7. The van der Waals surface area contributed by atoms with E-state index in [9.17, 15) is 4.39 Å². The van der Waals surface area contributed by atoms with Crippen LogP contribution in [0.1, 0.15) is 19.8 Å². The highest BCUT2D eigenvalue weighted by Crippen LogP contribution is 2.33. The van der Waals surface area contributed by atoms with Gasteiger partial charge in [-0.05, 0) is 43.5 Å². The van der Waals surface area contributed by atoms with E-state index < -0.39 is 6.17 Å². The molecule has 184 valence electrons. The summed E-state index contributed by atoms with van der Waals surface area (Å²) >= 11 is 0. The molecule has 2 saturated heterocycles. The summed E-state index contributed by atoms with van der Waals surface area (Å²) in [5, 5.41) is 16.5. The van der Waals surface area contributed by atoms with E-state index in [1.54, 1.807) is 16.3 Å². The van der Waals surface area contributed by atoms with Gasteiger partial charge in [0.2, 0.25) is 11.8 Å². The SMILES string of the molecule is COc1nc(NC2CCN(C3COC3)CC2)nn2ccc(-c3ccc4nnn(C[C@@H](C)F)c4c3)c12. The van der Waals surface area contributed by atoms with Crippen molar-refractivity contribution in [2.45, 2.75) is 44.6 Å². The second-order valence-electron chi connectivity index (χ2n) is 9.37. The number of hydrogen-bond acceptors (Lipinski definition) is 8. The second kappa shape index (κ2) is 9.04. The van der Waals surface area contributed by atoms with Crippen molar-refractivity contribution in [3.8, 4) is 17.0 Å². The zero-order valence-electron chi connectivity index (χ0n) is 19.9. The van der Waals surface area contributed by atoms with Gasteiger partial charge in [-0.25, -0.2) is 13.6 Å². The van der Waals surface area contributed by atoms with Gasteiger partial charge in [-0.1, -0.05) is 11.3 Å². The summed E-state index contributed by atoms with van der Waals surface area (Å²) in [6.07, 6.45) is 2.97. The molecule has 1 N–H and O–H groups in total. The fraction of sp³-hybridized carbons (Fsp3) is 0.500. The molecule has 1 aromatic carbocycles. The van der Waals surface area contributed by atoms with Crippen LogP contribution in [-0.2, 0) is 11.3 Å². The first-order chi connectivity index (χ1) is 17.1. The Balaban J connectivity index is 1.27. The summed E-state index contributed by atoms with van der Waals surface area (Å²) < 4.78 is 28.0. The molecule has 11 heteroatoms. The number of halogens is 1. The number of anilines is 1. The maximum absolute atomic E-state index is 13.6. The Morgan fingerprint density at radius 1 is 1.23 bits per heavy atom. The number of alkyl halides is 1. The minimum atomic E-state index is -1.02. The molecule has 5 heterocycles. The molecule has 1 atom stereocenters. The number of nitrogens with zero attached hydrogens (tertiary/aromatic N) is 7. The second-order valence-corrected chi connectivity index (χ2v) is 9.37. The van der Waals surface area contributed by atoms with Crippen LogP contribution in [0.3, 0.4) is 0 Å². The number of hydrogen-bond donors (Lipinski definition) is 1. The lowest BCUT2D eigenvalue weighted by Gasteiger charge is -2.41. The lowest BCUT2D eigenvalue weighted by molar-refractivity contribution is -0.0705. The van der Waals surface area contributed by atoms with Crippen LogP contribution in [0.4, 0.5) is 10.3 Å². The molecule has 0 unspecified atom stereocenters. The summed E-state index contributed by atoms with van der Waals surface area (Å²) in [5.74, 6) is 1.05. The van der Waals surface area contributed by atoms with Gasteiger partial charge in [0.15, 0.2) is 0 Å². The van der Waals surface area contributed by atoms with Gasteiger partial charge < -0.3 is 14.8 Å². The van der Waals surface area contributed by atoms with E-state index in [-0.39, 0.29) is 6.54 Å². The van der Waals surface area contributed by atoms with Crippen molar-refractivity contribution in [2.75, 3.05) is 38.7 Å². The largest absolute Gasteiger partial charge is 0.479 e. The van der Waals surface area contributed by atoms with Crippen molar-refractivity contribution in [2.24, 2.45) is 0 Å². The average Bonchev–Trinajstić information content (AvgIpc) is 3.42. The molecule has 2 fully saturated rings. The Labute approximate surface area is 202 Å². The Hall–Kier alpha value is -3.31. The normalized spacial score (nSPS) is 18.7. The number of benzene rings is 1. The third-order valence-corrected chi connectivity index (χ3v) is 6.92. The van der Waals surface area contributed by atoms with Crippen molar-refractivity contribution < 1.29 is 13.9 Å². The fourth-order valence-corrected chi connectivity index (χ4v) is 4.96. The molecule has 6 rings (SSSR count). The molecule has 0 aliphatic carbocycles. The van der Waals surface area contributed by atoms with Gasteiger partial charge in [0.25, 0.3) is 0 Å². The van der Waals surface area contributed by atoms with Crippen LogP contribution in [0, 0.1) is 0 Å². The lowest BCUT2D eigenvalue weighted by atomic mass is 10.0. The van der Waals surface area contributed by atoms with E-state index in [1.165, 1.54) is 6.92 Å². The zero-order chi connectivity index (χ0) is 23.9. The van der Waals surface area contributed by atoms with E-state index in [0.29, 0.717) is 23.9 Å². The number of ether oxygens (including phenoxy) is 2. The molecular weight excluding hydrogens is 451 g/mol. The molecule has 0 spiro atoms. The van der Waals surface area contributed by atoms with Gasteiger partial charge in [-0.2, -0.15) is 4.98 Å². The topological polar surface area (TPSA) is 94.6 Å². The van der Waals surface area contributed by atoms with Crippen LogP contribution in [-0.4, -0.2) is 86.2 Å². The highest BCUT2D eigenvalue weighted by atomic mass is 19.1. The van der Waals surface area contributed by atoms with Gasteiger partial charge in [0.1, 0.15) is 17.2 Å². The maximum atomic E-state index is 13.6. The van der Waals surface area contributed by atoms with Crippen molar-refractivity contribution in [3.05, 3.63) is 30.5 Å². The molecule has 2 aliphatic rings. The number of fused-ring (bicyclic) bond motifs is 2. The smallest absolute Gasteiger partial charge is 0.244 e. The highest BCUT2D eigenvalue weighted by molar-refractivity contribution is 5.89. The van der Waals surface area contributed by atoms with E-state index >= 15 is 0 Å². The number of nitrogens with one attached hydrogen (secondary N) is 1. The number of likely N-dealkylation sites (tertiary alicyclic amines) is 1. The maximum Gasteiger partial charge on any atom is 0.244 e. The minimum absolute atomic E-state index is 0.158. The van der Waals surface area contributed by atoms with Crippen LogP contribution in [0.2, 0.25) is 0 Å². The summed E-state index contributed by atoms with van der Waals surface area (Å²) in [4.78, 5) is 7.20. The van der Waals surface area contributed by atoms with Crippen molar-refractivity contribution in [3.63, 3.8) is 0 Å². The number of piperidine rings is 1. The molecule has 0 saturated carbocycles. The van der Waals surface area contributed by atoms with E-state index in [4.69, 9.17) is 14.6 Å². The quantitative estimate of drug-likeness (QED) is 0.432. The Bertz CT molecular complexity index is 1340. The van der Waals surface area contributed by atoms with Gasteiger partial charge in [-0.3, -0.25) is 4.90 Å². The Morgan fingerprint density at radius 3 is 2.77 bits per heavy atom. The van der Waals surface area contributed by atoms with E-state index in [1.807, 2.05) is 30.5 Å². The first-order valence-electron chi connectivity index (χ1n) is 12.1. The number of methoxy groups -OCH3 is 1. The van der Waals surface area contributed by atoms with Gasteiger partial charge in [-0.15, -0.1) is 10.2 Å². The van der Waals surface area contributed by atoms with Crippen LogP contribution >= 0.6 is 0 Å². The standard InChI is InChI=1S/C24H29FN8O2/c1-15(25)12-33-21-11-16(3-4-20(21)28-30-33)19-7-10-32-22(19)23(34-2)27-24(29-32)26-17-5-8-31(9-6-17)18-13-35-14-18/h3-4,7,10-11,15,17-18H,5-6,8-9,12-14H2,1-2H3,(H,26,29)/t15-/m1/s1. The molecule has 2 aliphatic heterocycles. The first-order valence-corrected chi connectivity index (χ1v) is 12.1. The van der Waals surface area contributed by atoms with E-state index in [0.717, 1.165) is 66.8 Å². The van der Waals surface area contributed by atoms with Crippen LogP contribution < -0.4 is 10.1 Å². The predicted molar refractivity (Wildman–Crippen MR) is 129 cm³/mol. The molecule has 3 aromatic heterocycles. The summed E-state index contributed by atoms with van der Waals surface area (Å²) in [6, 6.07) is 8.73. The molecule has 0 bridgehead atoms. The third kappa shape index (κ3) is 4.19. The molecular formula is C24H29FN8O2.